The van der Waals surface area contributed by atoms with Crippen molar-refractivity contribution in [1.29, 1.82) is 0 Å². The van der Waals surface area contributed by atoms with E-state index in [0.29, 0.717) is 0 Å². The molecule has 19 heavy (non-hydrogen) atoms. The van der Waals surface area contributed by atoms with Crippen LogP contribution < -0.4 is 0 Å². The molecule has 0 atom stereocenters. The van der Waals surface area contributed by atoms with Crippen LogP contribution >= 0.6 is 11.8 Å². The molecule has 0 spiro atoms. The molecule has 0 saturated heterocycles. The van der Waals surface area contributed by atoms with Gasteiger partial charge in [-0.2, -0.15) is 0 Å². The Morgan fingerprint density at radius 1 is 1.00 bits per heavy atom. The molecule has 2 rings (SSSR count). The van der Waals surface area contributed by atoms with Gasteiger partial charge in [-0.05, 0) is 17.7 Å². The Hall–Kier alpha value is -2.00. The zero-order valence-corrected chi connectivity index (χ0v) is 11.4. The highest BCUT2D eigenvalue weighted by Gasteiger charge is 2.06. The second-order valence-corrected chi connectivity index (χ2v) is 4.93. The summed E-state index contributed by atoms with van der Waals surface area (Å²) in [4.78, 5) is 13.4. The van der Waals surface area contributed by atoms with Crippen LogP contribution in [0.3, 0.4) is 0 Å². The molecule has 0 aromatic heterocycles. The number of benzene rings is 2. The summed E-state index contributed by atoms with van der Waals surface area (Å²) in [6.45, 7) is 0. The summed E-state index contributed by atoms with van der Waals surface area (Å²) in [6, 6.07) is 19.7. The third kappa shape index (κ3) is 4.00. The van der Waals surface area contributed by atoms with E-state index in [1.165, 1.54) is 13.2 Å². The van der Waals surface area contributed by atoms with Gasteiger partial charge in [0.1, 0.15) is 0 Å². The van der Waals surface area contributed by atoms with Crippen LogP contribution in [-0.2, 0) is 9.53 Å². The highest BCUT2D eigenvalue weighted by atomic mass is 32.2. The molecule has 0 aliphatic heterocycles. The van der Waals surface area contributed by atoms with Crippen molar-refractivity contribution in [2.75, 3.05) is 7.11 Å². The molecule has 0 unspecified atom stereocenters. The van der Waals surface area contributed by atoms with Crippen LogP contribution in [0.1, 0.15) is 5.56 Å². The lowest BCUT2D eigenvalue weighted by atomic mass is 10.2. The van der Waals surface area contributed by atoms with Gasteiger partial charge in [-0.3, -0.25) is 0 Å². The van der Waals surface area contributed by atoms with E-state index in [9.17, 15) is 4.79 Å². The Labute approximate surface area is 117 Å². The predicted octanol–water partition coefficient (Wildman–Crippen LogP) is 3.99. The number of methoxy groups -OCH3 is 1. The topological polar surface area (TPSA) is 26.3 Å². The Morgan fingerprint density at radius 2 is 1.58 bits per heavy atom. The largest absolute Gasteiger partial charge is 0.466 e. The van der Waals surface area contributed by atoms with E-state index >= 15 is 0 Å². The lowest BCUT2D eigenvalue weighted by Gasteiger charge is -2.07. The van der Waals surface area contributed by atoms with Crippen molar-refractivity contribution in [3.05, 3.63) is 72.3 Å². The molecule has 2 nitrogen and oxygen atoms in total. The summed E-state index contributed by atoms with van der Waals surface area (Å²) in [5, 5.41) is 0. The molecule has 96 valence electrons. The van der Waals surface area contributed by atoms with Gasteiger partial charge in [-0.15, -0.1) is 0 Å². The molecule has 0 N–H and O–H groups in total. The van der Waals surface area contributed by atoms with Crippen LogP contribution in [0.4, 0.5) is 0 Å². The second-order valence-electron chi connectivity index (χ2n) is 3.81. The van der Waals surface area contributed by atoms with Gasteiger partial charge in [0, 0.05) is 15.9 Å². The summed E-state index contributed by atoms with van der Waals surface area (Å²) in [7, 11) is 1.38. The van der Waals surface area contributed by atoms with E-state index < -0.39 is 0 Å². The molecule has 0 bridgehead atoms. The normalized spacial score (nSPS) is 11.1. The van der Waals surface area contributed by atoms with E-state index in [1.54, 1.807) is 11.8 Å². The summed E-state index contributed by atoms with van der Waals surface area (Å²) in [6.07, 6.45) is 1.52. The third-order valence-electron chi connectivity index (χ3n) is 2.48. The van der Waals surface area contributed by atoms with E-state index in [-0.39, 0.29) is 5.97 Å². The van der Waals surface area contributed by atoms with Crippen LogP contribution in [0.2, 0.25) is 0 Å². The van der Waals surface area contributed by atoms with E-state index in [2.05, 4.69) is 0 Å². The van der Waals surface area contributed by atoms with Gasteiger partial charge >= 0.3 is 5.97 Å². The van der Waals surface area contributed by atoms with Crippen molar-refractivity contribution < 1.29 is 9.53 Å². The maximum atomic E-state index is 11.5. The Balaban J connectivity index is 2.30. The molecule has 0 radical (unpaired) electrons. The highest BCUT2D eigenvalue weighted by Crippen LogP contribution is 2.33. The van der Waals surface area contributed by atoms with Gasteiger partial charge < -0.3 is 4.74 Å². The molecule has 0 amide bonds. The Morgan fingerprint density at radius 3 is 2.16 bits per heavy atom. The van der Waals surface area contributed by atoms with Crippen LogP contribution in [0, 0.1) is 0 Å². The SMILES string of the molecule is COC(=O)C=C(Sc1ccccc1)c1ccccc1. The zero-order chi connectivity index (χ0) is 13.5. The quantitative estimate of drug-likeness (QED) is 0.477. The van der Waals surface area contributed by atoms with Crippen molar-refractivity contribution in [2.24, 2.45) is 0 Å². The van der Waals surface area contributed by atoms with Crippen LogP contribution in [0.25, 0.3) is 4.91 Å². The average molecular weight is 270 g/mol. The number of esters is 1. The van der Waals surface area contributed by atoms with Gasteiger partial charge in [-0.1, -0.05) is 60.3 Å². The number of ether oxygens (including phenoxy) is 1. The van der Waals surface area contributed by atoms with Crippen molar-refractivity contribution in [1.82, 2.24) is 0 Å². The van der Waals surface area contributed by atoms with Crippen molar-refractivity contribution in [3.63, 3.8) is 0 Å². The predicted molar refractivity (Wildman–Crippen MR) is 78.7 cm³/mol. The first-order valence-corrected chi connectivity index (χ1v) is 6.69. The number of hydrogen-bond acceptors (Lipinski definition) is 3. The first-order valence-electron chi connectivity index (χ1n) is 5.87. The van der Waals surface area contributed by atoms with E-state index in [0.717, 1.165) is 15.4 Å². The molecule has 0 heterocycles. The second kappa shape index (κ2) is 6.81. The standard InChI is InChI=1S/C16H14O2S/c1-18-16(17)12-15(13-8-4-2-5-9-13)19-14-10-6-3-7-11-14/h2-12H,1H3. The van der Waals surface area contributed by atoms with Gasteiger partial charge in [0.25, 0.3) is 0 Å². The fraction of sp³-hybridized carbons (Fsp3) is 0.0625. The average Bonchev–Trinajstić information content (AvgIpc) is 2.48. The summed E-state index contributed by atoms with van der Waals surface area (Å²) < 4.78 is 4.71. The number of hydrogen-bond donors (Lipinski definition) is 0. The first kappa shape index (κ1) is 13.4. The van der Waals surface area contributed by atoms with Gasteiger partial charge in [0.2, 0.25) is 0 Å². The zero-order valence-electron chi connectivity index (χ0n) is 10.6. The molecule has 0 saturated carbocycles. The maximum absolute atomic E-state index is 11.5. The van der Waals surface area contributed by atoms with Crippen LogP contribution in [0.15, 0.2) is 71.6 Å². The van der Waals surface area contributed by atoms with Crippen molar-refractivity contribution >= 4 is 22.6 Å². The Bertz CT molecular complexity index is 562. The molecule has 0 aliphatic carbocycles. The maximum Gasteiger partial charge on any atom is 0.331 e. The molecule has 3 heteroatoms. The number of carbonyl (C=O) groups excluding carboxylic acids is 1. The fourth-order valence-electron chi connectivity index (χ4n) is 1.56. The molecular weight excluding hydrogens is 256 g/mol. The monoisotopic (exact) mass is 270 g/mol. The summed E-state index contributed by atoms with van der Waals surface area (Å²) in [5.41, 5.74) is 1.00. The highest BCUT2D eigenvalue weighted by molar-refractivity contribution is 8.08. The minimum atomic E-state index is -0.345. The smallest absolute Gasteiger partial charge is 0.331 e. The minimum absolute atomic E-state index is 0.345. The lowest BCUT2D eigenvalue weighted by Crippen LogP contribution is -1.95. The lowest BCUT2D eigenvalue weighted by molar-refractivity contribution is -0.134. The van der Waals surface area contributed by atoms with Crippen molar-refractivity contribution in [2.45, 2.75) is 4.90 Å². The Kier molecular flexibility index (Phi) is 4.81. The van der Waals surface area contributed by atoms with Gasteiger partial charge in [0.15, 0.2) is 0 Å². The third-order valence-corrected chi connectivity index (χ3v) is 3.56. The molecule has 2 aromatic rings. The number of thioether (sulfide) groups is 1. The van der Waals surface area contributed by atoms with Crippen molar-refractivity contribution in [3.8, 4) is 0 Å². The minimum Gasteiger partial charge on any atom is -0.466 e. The molecule has 0 aliphatic rings. The fourth-order valence-corrected chi connectivity index (χ4v) is 2.51. The van der Waals surface area contributed by atoms with E-state index in [1.807, 2.05) is 60.7 Å². The molecule has 0 fully saturated rings. The summed E-state index contributed by atoms with van der Waals surface area (Å²) >= 11 is 1.55. The molecular formula is C16H14O2S. The number of carbonyl (C=O) groups is 1. The summed E-state index contributed by atoms with van der Waals surface area (Å²) in [5.74, 6) is -0.345. The molecule has 2 aromatic carbocycles. The van der Waals surface area contributed by atoms with Crippen LogP contribution in [-0.4, -0.2) is 13.1 Å². The van der Waals surface area contributed by atoms with Gasteiger partial charge in [-0.25, -0.2) is 4.79 Å². The van der Waals surface area contributed by atoms with Crippen LogP contribution in [0.5, 0.6) is 0 Å². The van der Waals surface area contributed by atoms with Gasteiger partial charge in [0.05, 0.1) is 7.11 Å². The first-order chi connectivity index (χ1) is 9.29. The van der Waals surface area contributed by atoms with E-state index in [4.69, 9.17) is 4.74 Å². The number of rotatable bonds is 4.